The van der Waals surface area contributed by atoms with Gasteiger partial charge >= 0.3 is 0 Å². The van der Waals surface area contributed by atoms with Gasteiger partial charge in [0, 0.05) is 12.1 Å². The molecule has 5 heteroatoms. The molecule has 0 fully saturated rings. The number of hydroxylamine groups is 1. The summed E-state index contributed by atoms with van der Waals surface area (Å²) < 4.78 is 5.00. The molecular weight excluding hydrogens is 160 g/mol. The Morgan fingerprint density at radius 2 is 2.50 bits per heavy atom. The molecule has 0 aromatic carbocycles. The Labute approximate surface area is 66.9 Å². The molecule has 0 radical (unpaired) electrons. The normalized spacial score (nSPS) is 10.4. The molecular formula is C7H6N2O3. The monoisotopic (exact) mass is 166 g/mol. The molecule has 2 aromatic rings. The average molecular weight is 166 g/mol. The van der Waals surface area contributed by atoms with Gasteiger partial charge in [0.2, 0.25) is 0 Å². The van der Waals surface area contributed by atoms with Crippen LogP contribution in [0.25, 0.3) is 11.1 Å². The highest BCUT2D eigenvalue weighted by atomic mass is 16.5. The second-order valence-corrected chi connectivity index (χ2v) is 2.32. The number of aromatic nitrogens is 1. The quantitative estimate of drug-likeness (QED) is 0.434. The summed E-state index contributed by atoms with van der Waals surface area (Å²) in [5, 5.41) is 8.30. The van der Waals surface area contributed by atoms with Crippen LogP contribution in [-0.4, -0.2) is 16.1 Å². The van der Waals surface area contributed by atoms with Gasteiger partial charge in [0.1, 0.15) is 5.69 Å². The molecule has 0 aliphatic rings. The Kier molecular flexibility index (Phi) is 1.38. The van der Waals surface area contributed by atoms with Crippen LogP contribution in [-0.2, 0) is 0 Å². The fourth-order valence-electron chi connectivity index (χ4n) is 1.03. The van der Waals surface area contributed by atoms with Crippen molar-refractivity contribution in [2.45, 2.75) is 0 Å². The van der Waals surface area contributed by atoms with Crippen molar-refractivity contribution in [2.75, 3.05) is 0 Å². The van der Waals surface area contributed by atoms with Gasteiger partial charge in [-0.25, -0.2) is 5.48 Å². The number of carbonyl (C=O) groups is 1. The van der Waals surface area contributed by atoms with E-state index in [0.717, 1.165) is 5.52 Å². The molecule has 0 aliphatic heterocycles. The van der Waals surface area contributed by atoms with Crippen molar-refractivity contribution in [3.8, 4) is 0 Å². The highest BCUT2D eigenvalue weighted by Crippen LogP contribution is 2.15. The van der Waals surface area contributed by atoms with Crippen molar-refractivity contribution in [2.24, 2.45) is 0 Å². The molecule has 0 unspecified atom stereocenters. The Bertz CT molecular complexity index is 386. The van der Waals surface area contributed by atoms with Gasteiger partial charge in [0.15, 0.2) is 5.58 Å². The van der Waals surface area contributed by atoms with Crippen LogP contribution >= 0.6 is 0 Å². The molecule has 2 aromatic heterocycles. The highest BCUT2D eigenvalue weighted by Gasteiger charge is 2.09. The van der Waals surface area contributed by atoms with Crippen molar-refractivity contribution in [3.05, 3.63) is 24.1 Å². The Morgan fingerprint density at radius 1 is 1.67 bits per heavy atom. The molecule has 12 heavy (non-hydrogen) atoms. The molecule has 62 valence electrons. The molecule has 1 amide bonds. The number of carbonyl (C=O) groups excluding carboxylic acids is 1. The minimum absolute atomic E-state index is 0.270. The van der Waals surface area contributed by atoms with Crippen LogP contribution in [0.3, 0.4) is 0 Å². The molecule has 0 spiro atoms. The second-order valence-electron chi connectivity index (χ2n) is 2.32. The lowest BCUT2D eigenvalue weighted by Crippen LogP contribution is -2.18. The molecule has 5 nitrogen and oxygen atoms in total. The summed E-state index contributed by atoms with van der Waals surface area (Å²) in [4.78, 5) is 13.6. The van der Waals surface area contributed by atoms with Gasteiger partial charge in [-0.15, -0.1) is 0 Å². The Morgan fingerprint density at radius 3 is 3.17 bits per heavy atom. The van der Waals surface area contributed by atoms with Gasteiger partial charge < -0.3 is 9.40 Å². The summed E-state index contributed by atoms with van der Waals surface area (Å²) in [6, 6.07) is 3.21. The van der Waals surface area contributed by atoms with Crippen molar-refractivity contribution in [3.63, 3.8) is 0 Å². The van der Waals surface area contributed by atoms with Gasteiger partial charge in [-0.05, 0) is 0 Å². The van der Waals surface area contributed by atoms with Crippen LogP contribution in [0, 0.1) is 0 Å². The molecule has 0 aliphatic carbocycles. The van der Waals surface area contributed by atoms with E-state index in [9.17, 15) is 4.79 Å². The van der Waals surface area contributed by atoms with Crippen molar-refractivity contribution in [1.29, 1.82) is 0 Å². The molecule has 0 saturated carbocycles. The second kappa shape index (κ2) is 2.38. The number of fused-ring (bicyclic) bond motifs is 1. The van der Waals surface area contributed by atoms with Crippen LogP contribution in [0.2, 0.25) is 0 Å². The highest BCUT2D eigenvalue weighted by molar-refractivity contribution is 5.96. The maximum absolute atomic E-state index is 10.8. The van der Waals surface area contributed by atoms with E-state index >= 15 is 0 Å². The van der Waals surface area contributed by atoms with E-state index in [2.05, 4.69) is 4.98 Å². The van der Waals surface area contributed by atoms with Gasteiger partial charge in [0.05, 0.1) is 11.8 Å². The lowest BCUT2D eigenvalue weighted by Gasteiger charge is -1.90. The minimum Gasteiger partial charge on any atom is -0.463 e. The van der Waals surface area contributed by atoms with E-state index in [1.807, 2.05) is 0 Å². The van der Waals surface area contributed by atoms with Crippen molar-refractivity contribution < 1.29 is 14.4 Å². The Hall–Kier alpha value is -1.75. The van der Waals surface area contributed by atoms with E-state index < -0.39 is 5.91 Å². The molecule has 0 bridgehead atoms. The summed E-state index contributed by atoms with van der Waals surface area (Å²) in [6.07, 6.45) is 1.52. The smallest absolute Gasteiger partial charge is 0.291 e. The minimum atomic E-state index is -0.582. The van der Waals surface area contributed by atoms with Crippen LogP contribution in [0.15, 0.2) is 22.8 Å². The third-order valence-electron chi connectivity index (χ3n) is 1.59. The zero-order chi connectivity index (χ0) is 8.55. The average Bonchev–Trinajstić information content (AvgIpc) is 2.60. The number of amides is 1. The van der Waals surface area contributed by atoms with Crippen LogP contribution in [0.5, 0.6) is 0 Å². The summed E-state index contributed by atoms with van der Waals surface area (Å²) in [5.74, 6) is -0.582. The van der Waals surface area contributed by atoms with Crippen molar-refractivity contribution in [1.82, 2.24) is 10.5 Å². The molecule has 3 N–H and O–H groups in total. The molecule has 2 heterocycles. The van der Waals surface area contributed by atoms with E-state index in [0.29, 0.717) is 5.58 Å². The first-order chi connectivity index (χ1) is 5.81. The van der Waals surface area contributed by atoms with Crippen LogP contribution in [0.1, 0.15) is 10.5 Å². The van der Waals surface area contributed by atoms with Gasteiger partial charge in [-0.2, -0.15) is 0 Å². The van der Waals surface area contributed by atoms with Crippen LogP contribution < -0.4 is 5.48 Å². The van der Waals surface area contributed by atoms with E-state index in [1.165, 1.54) is 17.8 Å². The zero-order valence-electron chi connectivity index (χ0n) is 6.00. The largest absolute Gasteiger partial charge is 0.463 e. The van der Waals surface area contributed by atoms with E-state index in [-0.39, 0.29) is 5.69 Å². The number of hydrogen-bond acceptors (Lipinski definition) is 3. The van der Waals surface area contributed by atoms with Crippen molar-refractivity contribution >= 4 is 17.0 Å². The first kappa shape index (κ1) is 6.93. The molecule has 0 atom stereocenters. The third kappa shape index (κ3) is 0.876. The summed E-state index contributed by atoms with van der Waals surface area (Å²) >= 11 is 0. The number of rotatable bonds is 1. The topological polar surface area (TPSA) is 78.3 Å². The lowest BCUT2D eigenvalue weighted by atomic mass is 10.4. The lowest BCUT2D eigenvalue weighted by molar-refractivity contribution is 0.0701. The first-order valence-electron chi connectivity index (χ1n) is 3.32. The Balaban J connectivity index is 2.51. The summed E-state index contributed by atoms with van der Waals surface area (Å²) in [5.41, 5.74) is 3.11. The number of aromatic amines is 1. The van der Waals surface area contributed by atoms with Crippen LogP contribution in [0.4, 0.5) is 0 Å². The predicted octanol–water partition coefficient (Wildman–Crippen LogP) is 0.880. The number of H-pyrrole nitrogens is 1. The first-order valence-corrected chi connectivity index (χ1v) is 3.32. The predicted molar refractivity (Wildman–Crippen MR) is 39.8 cm³/mol. The number of hydrogen-bond donors (Lipinski definition) is 3. The maximum atomic E-state index is 10.8. The number of nitrogens with one attached hydrogen (secondary N) is 2. The zero-order valence-corrected chi connectivity index (χ0v) is 6.00. The summed E-state index contributed by atoms with van der Waals surface area (Å²) in [6.45, 7) is 0. The molecule has 0 saturated heterocycles. The van der Waals surface area contributed by atoms with Gasteiger partial charge in [0.25, 0.3) is 5.91 Å². The number of furan rings is 1. The SMILES string of the molecule is O=C(NO)c1cc2occc2[nH]1. The van der Waals surface area contributed by atoms with E-state index in [1.54, 1.807) is 6.07 Å². The standard InChI is InChI=1S/C7H6N2O3/c10-7(9-11)5-3-6-4(8-5)1-2-12-6/h1-3,8,11H,(H,9,10). The fraction of sp³-hybridized carbons (Fsp3) is 0. The molecule has 2 rings (SSSR count). The fourth-order valence-corrected chi connectivity index (χ4v) is 1.03. The third-order valence-corrected chi connectivity index (χ3v) is 1.59. The van der Waals surface area contributed by atoms with Gasteiger partial charge in [-0.1, -0.05) is 0 Å². The summed E-state index contributed by atoms with van der Waals surface area (Å²) in [7, 11) is 0. The maximum Gasteiger partial charge on any atom is 0.291 e. The van der Waals surface area contributed by atoms with Gasteiger partial charge in [-0.3, -0.25) is 10.0 Å². The van der Waals surface area contributed by atoms with E-state index in [4.69, 9.17) is 9.62 Å².